The molecule has 5 nitrogen and oxygen atoms in total. The van der Waals surface area contributed by atoms with Crippen LogP contribution in [-0.4, -0.2) is 44.9 Å². The van der Waals surface area contributed by atoms with E-state index in [1.165, 1.54) is 6.07 Å². The first-order valence-corrected chi connectivity index (χ1v) is 7.83. The molecular weight excluding hydrogens is 342 g/mol. The maximum Gasteiger partial charge on any atom is 0.387 e. The molecule has 0 bridgehead atoms. The van der Waals surface area contributed by atoms with Crippen molar-refractivity contribution in [2.75, 3.05) is 31.2 Å². The number of fused-ring (bicyclic) bond motifs is 1. The van der Waals surface area contributed by atoms with E-state index in [0.29, 0.717) is 26.2 Å². The molecule has 0 aromatic heterocycles. The molecule has 8 heteroatoms. The van der Waals surface area contributed by atoms with Crippen LogP contribution in [-0.2, 0) is 16.0 Å². The molecule has 0 aliphatic carbocycles. The van der Waals surface area contributed by atoms with E-state index in [1.54, 1.807) is 17.0 Å². The van der Waals surface area contributed by atoms with E-state index in [1.807, 2.05) is 0 Å². The molecule has 3 rings (SSSR count). The summed E-state index contributed by atoms with van der Waals surface area (Å²) in [5.74, 6) is 0.159. The van der Waals surface area contributed by atoms with Crippen LogP contribution in [0.15, 0.2) is 18.2 Å². The molecule has 0 saturated carbocycles. The summed E-state index contributed by atoms with van der Waals surface area (Å²) >= 11 is 0. The van der Waals surface area contributed by atoms with Crippen molar-refractivity contribution in [3.05, 3.63) is 23.8 Å². The highest BCUT2D eigenvalue weighted by Crippen LogP contribution is 2.31. The smallest absolute Gasteiger partial charge is 0.387 e. The number of ether oxygens (including phenoxy) is 2. The Morgan fingerprint density at radius 1 is 1.46 bits per heavy atom. The van der Waals surface area contributed by atoms with Crippen molar-refractivity contribution in [1.82, 2.24) is 5.32 Å². The summed E-state index contributed by atoms with van der Waals surface area (Å²) in [7, 11) is 0. The Hall–Kier alpha value is -1.44. The van der Waals surface area contributed by atoms with Gasteiger partial charge in [-0.2, -0.15) is 8.78 Å². The Bertz CT molecular complexity index is 568. The van der Waals surface area contributed by atoms with Crippen LogP contribution in [0.5, 0.6) is 5.75 Å². The number of hydrogen-bond donors (Lipinski definition) is 1. The summed E-state index contributed by atoms with van der Waals surface area (Å²) in [5, 5.41) is 3.27. The summed E-state index contributed by atoms with van der Waals surface area (Å²) in [6.45, 7) is -0.235. The molecule has 134 valence electrons. The molecule has 2 heterocycles. The van der Waals surface area contributed by atoms with Crippen molar-refractivity contribution < 1.29 is 23.0 Å². The average molecular weight is 363 g/mol. The quantitative estimate of drug-likeness (QED) is 0.893. The SMILES string of the molecule is Cl.O=C(CC1COCCN1)N1CCCc2cc(OC(F)F)ccc21. The third-order valence-electron chi connectivity index (χ3n) is 4.12. The Morgan fingerprint density at radius 3 is 3.00 bits per heavy atom. The molecule has 1 amide bonds. The lowest BCUT2D eigenvalue weighted by atomic mass is 10.0. The second-order valence-corrected chi connectivity index (χ2v) is 5.75. The highest BCUT2D eigenvalue weighted by Gasteiger charge is 2.26. The second kappa shape index (κ2) is 8.60. The maximum atomic E-state index is 12.6. The summed E-state index contributed by atoms with van der Waals surface area (Å²) in [6, 6.07) is 4.80. The highest BCUT2D eigenvalue weighted by molar-refractivity contribution is 5.95. The monoisotopic (exact) mass is 362 g/mol. The average Bonchev–Trinajstić information content (AvgIpc) is 2.54. The molecule has 2 aliphatic heterocycles. The van der Waals surface area contributed by atoms with E-state index in [9.17, 15) is 13.6 Å². The highest BCUT2D eigenvalue weighted by atomic mass is 35.5. The normalized spacial score (nSPS) is 20.3. The van der Waals surface area contributed by atoms with Gasteiger partial charge in [0.1, 0.15) is 5.75 Å². The number of nitrogens with one attached hydrogen (secondary N) is 1. The van der Waals surface area contributed by atoms with E-state index in [0.717, 1.165) is 30.6 Å². The predicted molar refractivity (Wildman–Crippen MR) is 88.2 cm³/mol. The Labute approximate surface area is 145 Å². The van der Waals surface area contributed by atoms with E-state index in [-0.39, 0.29) is 30.1 Å². The van der Waals surface area contributed by atoms with Gasteiger partial charge in [-0.1, -0.05) is 0 Å². The molecule has 0 radical (unpaired) electrons. The van der Waals surface area contributed by atoms with Crippen molar-refractivity contribution in [3.8, 4) is 5.75 Å². The number of nitrogens with zero attached hydrogens (tertiary/aromatic N) is 1. The molecule has 1 aromatic carbocycles. The molecule has 1 atom stereocenters. The summed E-state index contributed by atoms with van der Waals surface area (Å²) in [4.78, 5) is 14.3. The van der Waals surface area contributed by atoms with Gasteiger partial charge in [0.15, 0.2) is 0 Å². The number of morpholine rings is 1. The molecule has 2 aliphatic rings. The van der Waals surface area contributed by atoms with Gasteiger partial charge in [-0.05, 0) is 36.6 Å². The molecule has 1 unspecified atom stereocenters. The van der Waals surface area contributed by atoms with E-state index < -0.39 is 6.61 Å². The first-order chi connectivity index (χ1) is 11.1. The molecule has 1 aromatic rings. The first-order valence-electron chi connectivity index (χ1n) is 7.83. The van der Waals surface area contributed by atoms with Crippen molar-refractivity contribution >= 4 is 24.0 Å². The van der Waals surface area contributed by atoms with Crippen LogP contribution in [0.2, 0.25) is 0 Å². The summed E-state index contributed by atoms with van der Waals surface area (Å²) < 4.78 is 34.4. The number of hydrogen-bond acceptors (Lipinski definition) is 4. The zero-order valence-corrected chi connectivity index (χ0v) is 14.0. The van der Waals surface area contributed by atoms with Gasteiger partial charge in [-0.25, -0.2) is 0 Å². The van der Waals surface area contributed by atoms with Crippen molar-refractivity contribution in [2.45, 2.75) is 31.9 Å². The fourth-order valence-electron chi connectivity index (χ4n) is 3.08. The second-order valence-electron chi connectivity index (χ2n) is 5.75. The number of carbonyl (C=O) groups is 1. The molecular formula is C16H21ClF2N2O3. The van der Waals surface area contributed by atoms with Gasteiger partial charge in [0.05, 0.1) is 13.2 Å². The van der Waals surface area contributed by atoms with Gasteiger partial charge in [0.2, 0.25) is 5.91 Å². The number of rotatable bonds is 4. The topological polar surface area (TPSA) is 50.8 Å². The zero-order chi connectivity index (χ0) is 16.2. The number of carbonyl (C=O) groups excluding carboxylic acids is 1. The molecule has 0 spiro atoms. The zero-order valence-electron chi connectivity index (χ0n) is 13.2. The molecule has 1 fully saturated rings. The number of amides is 1. The minimum atomic E-state index is -2.84. The lowest BCUT2D eigenvalue weighted by Crippen LogP contribution is -2.46. The lowest BCUT2D eigenvalue weighted by molar-refractivity contribution is -0.119. The summed E-state index contributed by atoms with van der Waals surface area (Å²) in [6.07, 6.45) is 1.94. The van der Waals surface area contributed by atoms with E-state index in [2.05, 4.69) is 10.1 Å². The summed E-state index contributed by atoms with van der Waals surface area (Å²) in [5.41, 5.74) is 1.66. The molecule has 1 saturated heterocycles. The minimum absolute atomic E-state index is 0. The van der Waals surface area contributed by atoms with Gasteiger partial charge in [0, 0.05) is 31.2 Å². The number of aryl methyl sites for hydroxylation is 1. The third-order valence-corrected chi connectivity index (χ3v) is 4.12. The van der Waals surface area contributed by atoms with E-state index in [4.69, 9.17) is 4.74 Å². The lowest BCUT2D eigenvalue weighted by Gasteiger charge is -2.32. The number of benzene rings is 1. The largest absolute Gasteiger partial charge is 0.435 e. The third kappa shape index (κ3) is 4.55. The van der Waals surface area contributed by atoms with Gasteiger partial charge in [0.25, 0.3) is 0 Å². The number of anilines is 1. The Morgan fingerprint density at radius 2 is 2.29 bits per heavy atom. The predicted octanol–water partition coefficient (Wildman–Crippen LogP) is 2.37. The van der Waals surface area contributed by atoms with Crippen molar-refractivity contribution in [1.29, 1.82) is 0 Å². The van der Waals surface area contributed by atoms with Crippen LogP contribution in [0.25, 0.3) is 0 Å². The van der Waals surface area contributed by atoms with Gasteiger partial charge < -0.3 is 19.7 Å². The number of alkyl halides is 2. The van der Waals surface area contributed by atoms with Crippen LogP contribution in [0.4, 0.5) is 14.5 Å². The minimum Gasteiger partial charge on any atom is -0.435 e. The molecule has 24 heavy (non-hydrogen) atoms. The van der Waals surface area contributed by atoms with Gasteiger partial charge in [-0.15, -0.1) is 12.4 Å². The van der Waals surface area contributed by atoms with Crippen molar-refractivity contribution in [2.24, 2.45) is 0 Å². The van der Waals surface area contributed by atoms with Crippen LogP contribution >= 0.6 is 12.4 Å². The first kappa shape index (κ1) is 18.9. The fraction of sp³-hybridized carbons (Fsp3) is 0.562. The van der Waals surface area contributed by atoms with Crippen molar-refractivity contribution in [3.63, 3.8) is 0 Å². The van der Waals surface area contributed by atoms with E-state index >= 15 is 0 Å². The van der Waals surface area contributed by atoms with Gasteiger partial charge >= 0.3 is 6.61 Å². The van der Waals surface area contributed by atoms with Crippen LogP contribution in [0.1, 0.15) is 18.4 Å². The standard InChI is InChI=1S/C16H20F2N2O3.ClH/c17-16(18)23-13-3-4-14-11(8-13)2-1-6-20(14)15(21)9-12-10-22-7-5-19-12;/h3-4,8,12,16,19H,1-2,5-7,9-10H2;1H. The molecule has 1 N–H and O–H groups in total. The number of halogens is 3. The van der Waals surface area contributed by atoms with Crippen LogP contribution < -0.4 is 15.0 Å². The van der Waals surface area contributed by atoms with Gasteiger partial charge in [-0.3, -0.25) is 4.79 Å². The van der Waals surface area contributed by atoms with Crippen LogP contribution in [0.3, 0.4) is 0 Å². The van der Waals surface area contributed by atoms with Crippen LogP contribution in [0, 0.1) is 0 Å². The Kier molecular flexibility index (Phi) is 6.77. The maximum absolute atomic E-state index is 12.6. The fourth-order valence-corrected chi connectivity index (χ4v) is 3.08. The Balaban J connectivity index is 0.00000208.